The fraction of sp³-hybridized carbons (Fsp3) is 0.333. The van der Waals surface area contributed by atoms with Crippen molar-refractivity contribution in [1.82, 2.24) is 0 Å². The van der Waals surface area contributed by atoms with Crippen molar-refractivity contribution in [3.05, 3.63) is 29.8 Å². The van der Waals surface area contributed by atoms with Crippen molar-refractivity contribution < 1.29 is 9.84 Å². The van der Waals surface area contributed by atoms with E-state index >= 15 is 0 Å². The van der Waals surface area contributed by atoms with Crippen molar-refractivity contribution >= 4 is 5.69 Å². The van der Waals surface area contributed by atoms with Crippen LogP contribution in [0.4, 0.5) is 5.69 Å². The molecule has 3 nitrogen and oxygen atoms in total. The Labute approximate surface area is 90.1 Å². The Bertz CT molecular complexity index is 344. The number of terminal acetylenes is 1. The smallest absolute Gasteiger partial charge is 0.0945 e. The van der Waals surface area contributed by atoms with Crippen LogP contribution in [0, 0.1) is 12.3 Å². The van der Waals surface area contributed by atoms with Gasteiger partial charge in [0.15, 0.2) is 0 Å². The minimum absolute atomic E-state index is 0.321. The summed E-state index contributed by atoms with van der Waals surface area (Å²) in [7, 11) is 1.56. The molecular weight excluding hydrogens is 190 g/mol. The lowest BCUT2D eigenvalue weighted by molar-refractivity contribution is 0.0727. The molecule has 0 saturated carbocycles. The molecule has 0 aliphatic rings. The number of benzene rings is 1. The van der Waals surface area contributed by atoms with Crippen LogP contribution < -0.4 is 5.32 Å². The van der Waals surface area contributed by atoms with Gasteiger partial charge in [-0.05, 0) is 18.2 Å². The normalized spacial score (nSPS) is 11.8. The van der Waals surface area contributed by atoms with Gasteiger partial charge in [0.05, 0.1) is 12.7 Å². The number of hydrogen-bond acceptors (Lipinski definition) is 3. The Kier molecular flexibility index (Phi) is 4.69. The van der Waals surface area contributed by atoms with Crippen LogP contribution in [0.3, 0.4) is 0 Å². The quantitative estimate of drug-likeness (QED) is 0.707. The van der Waals surface area contributed by atoms with Gasteiger partial charge in [0, 0.05) is 24.9 Å². The van der Waals surface area contributed by atoms with E-state index in [0.717, 1.165) is 11.3 Å². The summed E-state index contributed by atoms with van der Waals surface area (Å²) in [5, 5.41) is 12.5. The van der Waals surface area contributed by atoms with Crippen LogP contribution >= 0.6 is 0 Å². The van der Waals surface area contributed by atoms with E-state index in [2.05, 4.69) is 11.2 Å². The molecule has 1 aromatic carbocycles. The van der Waals surface area contributed by atoms with Gasteiger partial charge in [0.2, 0.25) is 0 Å². The molecule has 0 fully saturated rings. The van der Waals surface area contributed by atoms with Crippen molar-refractivity contribution in [3.63, 3.8) is 0 Å². The first-order chi connectivity index (χ1) is 7.26. The highest BCUT2D eigenvalue weighted by molar-refractivity contribution is 5.49. The summed E-state index contributed by atoms with van der Waals surface area (Å²) in [5.41, 5.74) is 1.72. The SMILES string of the molecule is C#Cc1cccc(NCC(O)COC)c1. The lowest BCUT2D eigenvalue weighted by atomic mass is 10.2. The third-order valence-electron chi connectivity index (χ3n) is 1.93. The number of anilines is 1. The van der Waals surface area contributed by atoms with Crippen molar-refractivity contribution in [2.45, 2.75) is 6.10 Å². The molecule has 0 aromatic heterocycles. The van der Waals surface area contributed by atoms with Crippen LogP contribution in [0.25, 0.3) is 0 Å². The minimum Gasteiger partial charge on any atom is -0.389 e. The van der Waals surface area contributed by atoms with E-state index in [1.165, 1.54) is 0 Å². The molecule has 0 aliphatic heterocycles. The van der Waals surface area contributed by atoms with E-state index in [4.69, 9.17) is 11.2 Å². The zero-order chi connectivity index (χ0) is 11.1. The molecule has 3 heteroatoms. The van der Waals surface area contributed by atoms with Crippen LogP contribution in [0.1, 0.15) is 5.56 Å². The van der Waals surface area contributed by atoms with E-state index in [1.54, 1.807) is 7.11 Å². The number of aliphatic hydroxyl groups excluding tert-OH is 1. The van der Waals surface area contributed by atoms with Crippen molar-refractivity contribution in [2.24, 2.45) is 0 Å². The Morgan fingerprint density at radius 1 is 1.60 bits per heavy atom. The molecule has 15 heavy (non-hydrogen) atoms. The van der Waals surface area contributed by atoms with Crippen LogP contribution in [0.15, 0.2) is 24.3 Å². The van der Waals surface area contributed by atoms with Crippen LogP contribution in [0.5, 0.6) is 0 Å². The number of aliphatic hydroxyl groups is 1. The summed E-state index contributed by atoms with van der Waals surface area (Å²) in [5.74, 6) is 2.55. The molecule has 80 valence electrons. The predicted molar refractivity (Wildman–Crippen MR) is 60.7 cm³/mol. The third kappa shape index (κ3) is 4.03. The minimum atomic E-state index is -0.510. The maximum Gasteiger partial charge on any atom is 0.0945 e. The molecule has 1 rings (SSSR count). The number of rotatable bonds is 5. The van der Waals surface area contributed by atoms with Gasteiger partial charge in [0.1, 0.15) is 0 Å². The number of ether oxygens (including phenoxy) is 1. The molecule has 0 radical (unpaired) electrons. The zero-order valence-electron chi connectivity index (χ0n) is 8.73. The Morgan fingerprint density at radius 3 is 3.07 bits per heavy atom. The van der Waals surface area contributed by atoms with Gasteiger partial charge in [-0.25, -0.2) is 0 Å². The topological polar surface area (TPSA) is 41.5 Å². The first-order valence-electron chi connectivity index (χ1n) is 4.74. The van der Waals surface area contributed by atoms with Crippen molar-refractivity contribution in [3.8, 4) is 12.3 Å². The summed E-state index contributed by atoms with van der Waals surface area (Å²) in [6.07, 6.45) is 4.77. The Hall–Kier alpha value is -1.50. The third-order valence-corrected chi connectivity index (χ3v) is 1.93. The van der Waals surface area contributed by atoms with Crippen LogP contribution in [-0.4, -0.2) is 31.5 Å². The second-order valence-corrected chi connectivity index (χ2v) is 3.22. The summed E-state index contributed by atoms with van der Waals surface area (Å²) in [4.78, 5) is 0. The zero-order valence-corrected chi connectivity index (χ0v) is 8.73. The van der Waals surface area contributed by atoms with E-state index < -0.39 is 6.10 Å². The molecule has 1 atom stereocenters. The highest BCUT2D eigenvalue weighted by atomic mass is 16.5. The molecule has 1 unspecified atom stereocenters. The van der Waals surface area contributed by atoms with Crippen LogP contribution in [0.2, 0.25) is 0 Å². The Morgan fingerprint density at radius 2 is 2.40 bits per heavy atom. The van der Waals surface area contributed by atoms with E-state index in [1.807, 2.05) is 24.3 Å². The molecule has 1 aromatic rings. The molecule has 0 aliphatic carbocycles. The number of hydrogen-bond donors (Lipinski definition) is 2. The lowest BCUT2D eigenvalue weighted by Gasteiger charge is -2.11. The summed E-state index contributed by atoms with van der Waals surface area (Å²) in [6.45, 7) is 0.768. The second-order valence-electron chi connectivity index (χ2n) is 3.22. The predicted octanol–water partition coefficient (Wildman–Crippen LogP) is 1.09. The van der Waals surface area contributed by atoms with Gasteiger partial charge in [-0.2, -0.15) is 0 Å². The van der Waals surface area contributed by atoms with E-state index in [0.29, 0.717) is 13.2 Å². The molecule has 2 N–H and O–H groups in total. The number of nitrogens with one attached hydrogen (secondary N) is 1. The summed E-state index contributed by atoms with van der Waals surface area (Å²) >= 11 is 0. The molecule has 0 amide bonds. The summed E-state index contributed by atoms with van der Waals surface area (Å²) < 4.78 is 4.81. The molecule has 0 bridgehead atoms. The van der Waals surface area contributed by atoms with Crippen LogP contribution in [-0.2, 0) is 4.74 Å². The molecule has 0 spiro atoms. The monoisotopic (exact) mass is 205 g/mol. The second kappa shape index (κ2) is 6.07. The maximum absolute atomic E-state index is 9.41. The standard InChI is InChI=1S/C12H15NO2/c1-3-10-5-4-6-11(7-10)13-8-12(14)9-15-2/h1,4-7,12-14H,8-9H2,2H3. The molecular formula is C12H15NO2. The first-order valence-corrected chi connectivity index (χ1v) is 4.74. The van der Waals surface area contributed by atoms with Gasteiger partial charge in [-0.1, -0.05) is 12.0 Å². The van der Waals surface area contributed by atoms with E-state index in [-0.39, 0.29) is 0 Å². The van der Waals surface area contributed by atoms with Gasteiger partial charge >= 0.3 is 0 Å². The van der Waals surface area contributed by atoms with Gasteiger partial charge in [-0.15, -0.1) is 6.42 Å². The average Bonchev–Trinajstić information content (AvgIpc) is 2.27. The fourth-order valence-corrected chi connectivity index (χ4v) is 1.21. The highest BCUT2D eigenvalue weighted by Crippen LogP contribution is 2.09. The molecule has 0 heterocycles. The average molecular weight is 205 g/mol. The fourth-order valence-electron chi connectivity index (χ4n) is 1.21. The van der Waals surface area contributed by atoms with Gasteiger partial charge < -0.3 is 15.2 Å². The highest BCUT2D eigenvalue weighted by Gasteiger charge is 2.02. The maximum atomic E-state index is 9.41. The first kappa shape index (κ1) is 11.6. The van der Waals surface area contributed by atoms with Gasteiger partial charge in [-0.3, -0.25) is 0 Å². The van der Waals surface area contributed by atoms with Gasteiger partial charge in [0.25, 0.3) is 0 Å². The Balaban J connectivity index is 2.47. The summed E-state index contributed by atoms with van der Waals surface area (Å²) in [6, 6.07) is 7.50. The largest absolute Gasteiger partial charge is 0.389 e. The lowest BCUT2D eigenvalue weighted by Crippen LogP contribution is -2.24. The molecule has 0 saturated heterocycles. The van der Waals surface area contributed by atoms with Crippen molar-refractivity contribution in [1.29, 1.82) is 0 Å². The number of methoxy groups -OCH3 is 1. The van der Waals surface area contributed by atoms with Crippen molar-refractivity contribution in [2.75, 3.05) is 25.6 Å². The van der Waals surface area contributed by atoms with E-state index in [9.17, 15) is 5.11 Å².